The van der Waals surface area contributed by atoms with E-state index in [0.29, 0.717) is 11.6 Å². The largest absolute Gasteiger partial charge is 0.458 e. The normalized spacial score (nSPS) is 17.0. The van der Waals surface area contributed by atoms with Crippen molar-refractivity contribution in [3.63, 3.8) is 0 Å². The Kier molecular flexibility index (Phi) is 6.07. The van der Waals surface area contributed by atoms with Crippen LogP contribution in [0.3, 0.4) is 0 Å². The number of hydrogen-bond acceptors (Lipinski definition) is 5. The lowest BCUT2D eigenvalue weighted by molar-refractivity contribution is -0.160. The maximum atomic E-state index is 12.1. The maximum absolute atomic E-state index is 12.1. The second-order valence-corrected chi connectivity index (χ2v) is 7.35. The van der Waals surface area contributed by atoms with E-state index in [1.54, 1.807) is 20.8 Å². The van der Waals surface area contributed by atoms with Crippen molar-refractivity contribution < 1.29 is 19.1 Å². The van der Waals surface area contributed by atoms with Crippen LogP contribution in [0, 0.1) is 5.92 Å². The number of esters is 1. The summed E-state index contributed by atoms with van der Waals surface area (Å²) in [5.41, 5.74) is -0.601. The molecule has 1 fully saturated rings. The number of carbonyl (C=O) groups excluding carboxylic acids is 3. The van der Waals surface area contributed by atoms with E-state index in [0.717, 1.165) is 0 Å². The molecule has 1 atom stereocenters. The Morgan fingerprint density at radius 3 is 2.43 bits per heavy atom. The van der Waals surface area contributed by atoms with E-state index >= 15 is 0 Å². The molecule has 0 spiro atoms. The predicted octanol–water partition coefficient (Wildman–Crippen LogP) is 1.00. The average Bonchev–Trinajstić information content (AvgIpc) is 2.69. The topological polar surface area (TPSA) is 75.7 Å². The van der Waals surface area contributed by atoms with Crippen LogP contribution < -0.4 is 5.32 Å². The molecule has 0 bridgehead atoms. The highest BCUT2D eigenvalue weighted by Gasteiger charge is 2.30. The van der Waals surface area contributed by atoms with Gasteiger partial charge in [-0.25, -0.2) is 4.79 Å². The number of thioether (sulfide) groups is 1. The molecule has 1 rings (SSSR count). The summed E-state index contributed by atoms with van der Waals surface area (Å²) >= 11 is 1.48. The Bertz CT molecular complexity index is 418. The highest BCUT2D eigenvalue weighted by Crippen LogP contribution is 2.15. The van der Waals surface area contributed by atoms with Gasteiger partial charge < -0.3 is 15.0 Å². The molecule has 0 aliphatic carbocycles. The van der Waals surface area contributed by atoms with Crippen LogP contribution in [0.2, 0.25) is 0 Å². The van der Waals surface area contributed by atoms with Crippen LogP contribution >= 0.6 is 11.8 Å². The van der Waals surface area contributed by atoms with Gasteiger partial charge in [-0.2, -0.15) is 0 Å². The average molecular weight is 316 g/mol. The number of amides is 2. The first-order valence-electron chi connectivity index (χ1n) is 6.98. The van der Waals surface area contributed by atoms with Crippen LogP contribution in [0.1, 0.15) is 34.6 Å². The Balaban J connectivity index is 2.59. The molecule has 21 heavy (non-hydrogen) atoms. The van der Waals surface area contributed by atoms with Gasteiger partial charge in [-0.15, -0.1) is 11.8 Å². The molecule has 0 aromatic heterocycles. The minimum Gasteiger partial charge on any atom is -0.458 e. The van der Waals surface area contributed by atoms with Crippen LogP contribution in [-0.4, -0.2) is 52.5 Å². The molecule has 2 amide bonds. The van der Waals surface area contributed by atoms with E-state index in [9.17, 15) is 14.4 Å². The summed E-state index contributed by atoms with van der Waals surface area (Å²) in [6.07, 6.45) is 0. The van der Waals surface area contributed by atoms with Gasteiger partial charge in [0, 0.05) is 0 Å². The molecule has 6 nitrogen and oxygen atoms in total. The number of carbonyl (C=O) groups is 3. The lowest BCUT2D eigenvalue weighted by Gasteiger charge is -2.27. The van der Waals surface area contributed by atoms with Crippen molar-refractivity contribution in [2.75, 3.05) is 18.2 Å². The van der Waals surface area contributed by atoms with Crippen molar-refractivity contribution >= 4 is 29.5 Å². The highest BCUT2D eigenvalue weighted by molar-refractivity contribution is 8.00. The van der Waals surface area contributed by atoms with Crippen molar-refractivity contribution in [2.24, 2.45) is 5.92 Å². The lowest BCUT2D eigenvalue weighted by atomic mass is 10.0. The van der Waals surface area contributed by atoms with Crippen LogP contribution in [0.25, 0.3) is 0 Å². The summed E-state index contributed by atoms with van der Waals surface area (Å²) in [6.45, 7) is 9.01. The molecule has 0 radical (unpaired) electrons. The van der Waals surface area contributed by atoms with E-state index in [1.165, 1.54) is 16.7 Å². The molecule has 0 saturated carbocycles. The van der Waals surface area contributed by atoms with Gasteiger partial charge in [0.15, 0.2) is 0 Å². The fraction of sp³-hybridized carbons (Fsp3) is 0.786. The summed E-state index contributed by atoms with van der Waals surface area (Å²) in [6, 6.07) is -0.706. The molecule has 1 saturated heterocycles. The first-order valence-corrected chi connectivity index (χ1v) is 8.13. The molecule has 1 heterocycles. The van der Waals surface area contributed by atoms with E-state index < -0.39 is 17.6 Å². The van der Waals surface area contributed by atoms with Crippen molar-refractivity contribution in [3.05, 3.63) is 0 Å². The van der Waals surface area contributed by atoms with E-state index in [4.69, 9.17) is 4.74 Å². The molecule has 1 N–H and O–H groups in total. The fourth-order valence-corrected chi connectivity index (χ4v) is 2.70. The quantitative estimate of drug-likeness (QED) is 0.766. The highest BCUT2D eigenvalue weighted by atomic mass is 32.2. The summed E-state index contributed by atoms with van der Waals surface area (Å²) < 4.78 is 5.31. The number of hydrogen-bond donors (Lipinski definition) is 1. The third-order valence-electron chi connectivity index (χ3n) is 2.80. The molecule has 7 heteroatoms. The van der Waals surface area contributed by atoms with Crippen molar-refractivity contribution in [1.82, 2.24) is 10.2 Å². The zero-order valence-corrected chi connectivity index (χ0v) is 14.1. The van der Waals surface area contributed by atoms with E-state index in [1.807, 2.05) is 13.8 Å². The van der Waals surface area contributed by atoms with Gasteiger partial charge in [0.2, 0.25) is 11.8 Å². The Morgan fingerprint density at radius 2 is 2.00 bits per heavy atom. The number of nitrogens with one attached hydrogen (secondary N) is 1. The van der Waals surface area contributed by atoms with Crippen molar-refractivity contribution in [3.8, 4) is 0 Å². The first-order chi connectivity index (χ1) is 9.60. The number of ether oxygens (including phenoxy) is 1. The first kappa shape index (κ1) is 17.8. The maximum Gasteiger partial charge on any atom is 0.329 e. The molecule has 0 aromatic rings. The Morgan fingerprint density at radius 1 is 1.38 bits per heavy atom. The van der Waals surface area contributed by atoms with E-state index in [2.05, 4.69) is 5.32 Å². The number of nitrogens with zero attached hydrogens (tertiary/aromatic N) is 1. The minimum atomic E-state index is -0.706. The monoisotopic (exact) mass is 316 g/mol. The standard InChI is InChI=1S/C14H24N2O4S/c1-9(2)12(13(19)20-14(3,4)5)15-10(17)6-16-8-21-7-11(16)18/h9,12H,6-8H2,1-5H3,(H,15,17)/t12-/m1/s1. The summed E-state index contributed by atoms with van der Waals surface area (Å²) in [4.78, 5) is 37.1. The van der Waals surface area contributed by atoms with Gasteiger partial charge in [0.05, 0.1) is 11.6 Å². The third-order valence-corrected chi connectivity index (χ3v) is 3.75. The van der Waals surface area contributed by atoms with Gasteiger partial charge in [0.25, 0.3) is 0 Å². The zero-order chi connectivity index (χ0) is 16.2. The molecule has 1 aliphatic heterocycles. The SMILES string of the molecule is CC(C)[C@@H](NC(=O)CN1CSCC1=O)C(=O)OC(C)(C)C. The molecule has 1 aliphatic rings. The molecule has 0 unspecified atom stereocenters. The lowest BCUT2D eigenvalue weighted by Crippen LogP contribution is -2.50. The molecular weight excluding hydrogens is 292 g/mol. The van der Waals surface area contributed by atoms with Gasteiger partial charge in [-0.05, 0) is 26.7 Å². The van der Waals surface area contributed by atoms with Gasteiger partial charge in [0.1, 0.15) is 18.2 Å². The fourth-order valence-electron chi connectivity index (χ4n) is 1.80. The third kappa shape index (κ3) is 5.95. The van der Waals surface area contributed by atoms with E-state index in [-0.39, 0.29) is 24.3 Å². The van der Waals surface area contributed by atoms with Gasteiger partial charge in [-0.1, -0.05) is 13.8 Å². The van der Waals surface area contributed by atoms with Gasteiger partial charge in [-0.3, -0.25) is 9.59 Å². The Labute approximate surface area is 130 Å². The molecule has 0 aromatic carbocycles. The van der Waals surface area contributed by atoms with Crippen LogP contribution in [-0.2, 0) is 19.1 Å². The molecule has 120 valence electrons. The molecular formula is C14H24N2O4S. The van der Waals surface area contributed by atoms with Gasteiger partial charge >= 0.3 is 5.97 Å². The second-order valence-electron chi connectivity index (χ2n) is 6.39. The summed E-state index contributed by atoms with van der Waals surface area (Å²) in [5.74, 6) is 0.00204. The zero-order valence-electron chi connectivity index (χ0n) is 13.3. The smallest absolute Gasteiger partial charge is 0.329 e. The number of rotatable bonds is 5. The summed E-state index contributed by atoms with van der Waals surface area (Å²) in [5, 5.41) is 2.67. The van der Waals surface area contributed by atoms with Crippen LogP contribution in [0.4, 0.5) is 0 Å². The summed E-state index contributed by atoms with van der Waals surface area (Å²) in [7, 11) is 0. The van der Waals surface area contributed by atoms with Crippen molar-refractivity contribution in [1.29, 1.82) is 0 Å². The van der Waals surface area contributed by atoms with Crippen LogP contribution in [0.15, 0.2) is 0 Å². The second kappa shape index (κ2) is 7.15. The van der Waals surface area contributed by atoms with Crippen LogP contribution in [0.5, 0.6) is 0 Å². The predicted molar refractivity (Wildman–Crippen MR) is 81.7 cm³/mol. The minimum absolute atomic E-state index is 0.0160. The Hall–Kier alpha value is -1.24. The van der Waals surface area contributed by atoms with Crippen molar-refractivity contribution in [2.45, 2.75) is 46.3 Å².